The summed E-state index contributed by atoms with van der Waals surface area (Å²) in [4.78, 5) is 25.7. The number of carbonyl (C=O) groups excluding carboxylic acids is 1. The van der Waals surface area contributed by atoms with Crippen molar-refractivity contribution in [3.63, 3.8) is 0 Å². The second-order valence-electron chi connectivity index (χ2n) is 6.18. The Labute approximate surface area is 184 Å². The predicted octanol–water partition coefficient (Wildman–Crippen LogP) is 4.10. The first-order valence-corrected chi connectivity index (χ1v) is 10.2. The Kier molecular flexibility index (Phi) is 5.54. The number of nitrogen functional groups attached to an aromatic ring is 1. The third-order valence-electron chi connectivity index (χ3n) is 4.22. The lowest BCUT2D eigenvalue weighted by Gasteiger charge is -2.08. The summed E-state index contributed by atoms with van der Waals surface area (Å²) in [6, 6.07) is 13.5. The largest absolute Gasteiger partial charge is 0.390 e. The van der Waals surface area contributed by atoms with Crippen molar-refractivity contribution in [2.45, 2.75) is 0 Å². The number of fused-ring (bicyclic) bond motifs is 1. The van der Waals surface area contributed by atoms with Crippen molar-refractivity contribution in [2.75, 3.05) is 5.73 Å². The predicted molar refractivity (Wildman–Crippen MR) is 121 cm³/mol. The van der Waals surface area contributed by atoms with Crippen molar-refractivity contribution in [3.8, 4) is 5.69 Å². The normalized spacial score (nSPS) is 11.3. The summed E-state index contributed by atoms with van der Waals surface area (Å²) in [7, 11) is 0. The summed E-state index contributed by atoms with van der Waals surface area (Å²) in [5.41, 5.74) is 9.24. The van der Waals surface area contributed by atoms with Gasteiger partial charge < -0.3 is 5.73 Å². The molecule has 2 aromatic carbocycles. The van der Waals surface area contributed by atoms with E-state index in [4.69, 9.17) is 28.9 Å². The van der Waals surface area contributed by atoms with Gasteiger partial charge in [0.1, 0.15) is 0 Å². The number of anilines is 1. The van der Waals surface area contributed by atoms with Gasteiger partial charge in [-0.3, -0.25) is 9.59 Å². The molecule has 4 aromatic rings. The van der Waals surface area contributed by atoms with Crippen LogP contribution in [0, 0.1) is 0 Å². The van der Waals surface area contributed by atoms with Crippen LogP contribution >= 0.6 is 34.5 Å². The maximum atomic E-state index is 12.9. The van der Waals surface area contributed by atoms with E-state index in [0.29, 0.717) is 26.1 Å². The Hall–Kier alpha value is -3.20. The molecule has 0 unspecified atom stereocenters. The number of nitrogens with one attached hydrogen (secondary N) is 1. The van der Waals surface area contributed by atoms with Crippen LogP contribution < -0.4 is 16.7 Å². The fraction of sp³-hybridized carbons (Fsp3) is 0. The minimum absolute atomic E-state index is 0.0285. The highest BCUT2D eigenvalue weighted by Crippen LogP contribution is 2.27. The van der Waals surface area contributed by atoms with Crippen LogP contribution in [0.5, 0.6) is 0 Å². The zero-order valence-electron chi connectivity index (χ0n) is 15.2. The van der Waals surface area contributed by atoms with Gasteiger partial charge in [-0.1, -0.05) is 35.3 Å². The van der Waals surface area contributed by atoms with Gasteiger partial charge >= 0.3 is 0 Å². The molecule has 0 aliphatic carbocycles. The summed E-state index contributed by atoms with van der Waals surface area (Å²) in [6.07, 6.45) is 1.47. The lowest BCUT2D eigenvalue weighted by molar-refractivity contribution is 0.0950. The number of aromatic nitrogens is 2. The molecule has 0 radical (unpaired) electrons. The number of hydrogen-bond acceptors (Lipinski definition) is 6. The van der Waals surface area contributed by atoms with E-state index in [1.165, 1.54) is 6.21 Å². The van der Waals surface area contributed by atoms with Crippen LogP contribution in [-0.4, -0.2) is 21.9 Å². The lowest BCUT2D eigenvalue weighted by atomic mass is 10.2. The molecule has 0 saturated carbocycles. The van der Waals surface area contributed by atoms with Crippen LogP contribution in [0.4, 0.5) is 5.00 Å². The van der Waals surface area contributed by atoms with Crippen LogP contribution in [0.15, 0.2) is 63.8 Å². The standard InChI is InChI=1S/C20H13Cl2N5O2S/c21-12-3-1-11(2-4-12)9-24-25-19(28)17-15-10-30-18(23)16(15)20(29)27(26-17)14-7-5-13(22)6-8-14/h1-10H,23H2,(H,25,28)/b24-9-. The Morgan fingerprint density at radius 3 is 2.40 bits per heavy atom. The van der Waals surface area contributed by atoms with E-state index in [1.807, 2.05) is 0 Å². The molecule has 4 rings (SSSR count). The second-order valence-corrected chi connectivity index (χ2v) is 7.97. The number of nitrogens with zero attached hydrogens (tertiary/aromatic N) is 3. The van der Waals surface area contributed by atoms with Gasteiger partial charge in [0.15, 0.2) is 5.69 Å². The molecular weight excluding hydrogens is 445 g/mol. The van der Waals surface area contributed by atoms with Gasteiger partial charge in [-0.15, -0.1) is 11.3 Å². The average molecular weight is 458 g/mol. The van der Waals surface area contributed by atoms with Crippen LogP contribution in [0.25, 0.3) is 16.5 Å². The van der Waals surface area contributed by atoms with Gasteiger partial charge in [0.2, 0.25) is 0 Å². The Morgan fingerprint density at radius 1 is 1.10 bits per heavy atom. The summed E-state index contributed by atoms with van der Waals surface area (Å²) in [5.74, 6) is -0.578. The van der Waals surface area contributed by atoms with E-state index in [2.05, 4.69) is 15.6 Å². The topological polar surface area (TPSA) is 102 Å². The molecule has 2 heterocycles. The van der Waals surface area contributed by atoms with E-state index >= 15 is 0 Å². The summed E-state index contributed by atoms with van der Waals surface area (Å²) < 4.78 is 1.12. The minimum atomic E-state index is -0.578. The number of nitrogens with two attached hydrogens (primary N) is 1. The summed E-state index contributed by atoms with van der Waals surface area (Å²) in [6.45, 7) is 0. The molecule has 0 fully saturated rings. The molecule has 0 aliphatic heterocycles. The van der Waals surface area contributed by atoms with E-state index in [-0.39, 0.29) is 11.1 Å². The van der Waals surface area contributed by atoms with E-state index < -0.39 is 11.5 Å². The lowest BCUT2D eigenvalue weighted by Crippen LogP contribution is -2.28. The maximum absolute atomic E-state index is 12.9. The van der Waals surface area contributed by atoms with Crippen molar-refractivity contribution in [2.24, 2.45) is 5.10 Å². The van der Waals surface area contributed by atoms with Crippen molar-refractivity contribution < 1.29 is 4.79 Å². The van der Waals surface area contributed by atoms with Gasteiger partial charge in [-0.25, -0.2) is 5.43 Å². The molecule has 0 bridgehead atoms. The van der Waals surface area contributed by atoms with Gasteiger partial charge in [0.05, 0.1) is 22.3 Å². The minimum Gasteiger partial charge on any atom is -0.390 e. The Morgan fingerprint density at radius 2 is 1.73 bits per heavy atom. The van der Waals surface area contributed by atoms with Gasteiger partial charge in [-0.05, 0) is 42.0 Å². The molecule has 0 saturated heterocycles. The van der Waals surface area contributed by atoms with Crippen molar-refractivity contribution in [3.05, 3.63) is 85.6 Å². The molecule has 1 amide bonds. The molecule has 150 valence electrons. The van der Waals surface area contributed by atoms with Crippen LogP contribution in [-0.2, 0) is 0 Å². The highest BCUT2D eigenvalue weighted by atomic mass is 35.5. The first-order chi connectivity index (χ1) is 14.4. The zero-order valence-corrected chi connectivity index (χ0v) is 17.5. The van der Waals surface area contributed by atoms with E-state index in [1.54, 1.807) is 53.9 Å². The van der Waals surface area contributed by atoms with E-state index in [9.17, 15) is 9.59 Å². The van der Waals surface area contributed by atoms with Crippen LogP contribution in [0.1, 0.15) is 16.1 Å². The smallest absolute Gasteiger partial charge is 0.292 e. The number of halogens is 2. The molecule has 2 aromatic heterocycles. The Bertz CT molecular complexity index is 1330. The Balaban J connectivity index is 1.73. The molecule has 30 heavy (non-hydrogen) atoms. The van der Waals surface area contributed by atoms with Gasteiger partial charge in [0.25, 0.3) is 11.5 Å². The number of rotatable bonds is 4. The maximum Gasteiger partial charge on any atom is 0.292 e. The number of hydrazone groups is 1. The molecule has 0 atom stereocenters. The number of carbonyl (C=O) groups is 1. The third kappa shape index (κ3) is 3.93. The number of thiophene rings is 1. The van der Waals surface area contributed by atoms with Gasteiger partial charge in [0, 0.05) is 20.8 Å². The zero-order chi connectivity index (χ0) is 21.3. The quantitative estimate of drug-likeness (QED) is 0.355. The van der Waals surface area contributed by atoms with Crippen molar-refractivity contribution >= 4 is 62.4 Å². The van der Waals surface area contributed by atoms with E-state index in [0.717, 1.165) is 21.6 Å². The fourth-order valence-electron chi connectivity index (χ4n) is 2.77. The summed E-state index contributed by atoms with van der Waals surface area (Å²) in [5, 5.41) is 11.9. The SMILES string of the molecule is Nc1scc2c(C(=O)N/N=C\c3ccc(Cl)cc3)nn(-c3ccc(Cl)cc3)c(=O)c12. The highest BCUT2D eigenvalue weighted by Gasteiger charge is 2.20. The molecule has 3 N–H and O–H groups in total. The van der Waals surface area contributed by atoms with Gasteiger partial charge in [-0.2, -0.15) is 14.9 Å². The van der Waals surface area contributed by atoms with Crippen molar-refractivity contribution in [1.82, 2.24) is 15.2 Å². The molecule has 10 heteroatoms. The molecular formula is C20H13Cl2N5O2S. The molecule has 0 aliphatic rings. The fourth-order valence-corrected chi connectivity index (χ4v) is 3.81. The summed E-state index contributed by atoms with van der Waals surface area (Å²) >= 11 is 12.9. The average Bonchev–Trinajstić information content (AvgIpc) is 3.13. The third-order valence-corrected chi connectivity index (χ3v) is 5.53. The second kappa shape index (κ2) is 8.27. The highest BCUT2D eigenvalue weighted by molar-refractivity contribution is 7.15. The number of amides is 1. The molecule has 7 nitrogen and oxygen atoms in total. The van der Waals surface area contributed by atoms with Crippen molar-refractivity contribution in [1.29, 1.82) is 0 Å². The van der Waals surface area contributed by atoms with Crippen LogP contribution in [0.2, 0.25) is 10.0 Å². The first kappa shape index (κ1) is 20.1. The monoisotopic (exact) mass is 457 g/mol. The first-order valence-electron chi connectivity index (χ1n) is 8.59. The molecule has 0 spiro atoms. The number of hydrogen-bond donors (Lipinski definition) is 2. The van der Waals surface area contributed by atoms with Crippen LogP contribution in [0.3, 0.4) is 0 Å². The number of benzene rings is 2.